The summed E-state index contributed by atoms with van der Waals surface area (Å²) in [6.07, 6.45) is 5.94. The topological polar surface area (TPSA) is 12.0 Å². The molecule has 0 aliphatic carbocycles. The third-order valence-electron chi connectivity index (χ3n) is 3.35. The summed E-state index contributed by atoms with van der Waals surface area (Å²) in [6.45, 7) is 7.92. The summed E-state index contributed by atoms with van der Waals surface area (Å²) in [5.74, 6) is 2.01. The molecule has 19 heavy (non-hydrogen) atoms. The van der Waals surface area contributed by atoms with Crippen molar-refractivity contribution in [3.05, 3.63) is 35.4 Å². The molecule has 0 fully saturated rings. The lowest BCUT2D eigenvalue weighted by Crippen LogP contribution is -2.19. The molecule has 2 heteroatoms. The summed E-state index contributed by atoms with van der Waals surface area (Å²) < 4.78 is 0. The number of rotatable bonds is 9. The van der Waals surface area contributed by atoms with Crippen molar-refractivity contribution < 1.29 is 0 Å². The summed E-state index contributed by atoms with van der Waals surface area (Å²) in [6, 6.07) is 9.57. The van der Waals surface area contributed by atoms with Gasteiger partial charge in [-0.15, -0.1) is 0 Å². The van der Waals surface area contributed by atoms with E-state index in [9.17, 15) is 0 Å². The molecule has 108 valence electrons. The van der Waals surface area contributed by atoms with Crippen molar-refractivity contribution in [2.75, 3.05) is 18.6 Å². The molecule has 1 unspecified atom stereocenters. The fourth-order valence-corrected chi connectivity index (χ4v) is 2.71. The Morgan fingerprint density at radius 3 is 2.32 bits per heavy atom. The van der Waals surface area contributed by atoms with Gasteiger partial charge in [0.2, 0.25) is 0 Å². The third-order valence-corrected chi connectivity index (χ3v) is 4.05. The predicted molar refractivity (Wildman–Crippen MR) is 89.0 cm³/mol. The van der Waals surface area contributed by atoms with Crippen LogP contribution in [0.4, 0.5) is 0 Å². The first-order valence-electron chi connectivity index (χ1n) is 7.44. The second-order valence-corrected chi connectivity index (χ2v) is 6.70. The largest absolute Gasteiger partial charge is 0.310 e. The van der Waals surface area contributed by atoms with E-state index in [0.29, 0.717) is 6.04 Å². The zero-order valence-corrected chi connectivity index (χ0v) is 13.7. The highest BCUT2D eigenvalue weighted by Crippen LogP contribution is 2.15. The van der Waals surface area contributed by atoms with Gasteiger partial charge < -0.3 is 5.32 Å². The minimum absolute atomic E-state index is 0.461. The monoisotopic (exact) mass is 279 g/mol. The maximum Gasteiger partial charge on any atom is 0.0291 e. The highest BCUT2D eigenvalue weighted by molar-refractivity contribution is 7.98. The molecular formula is C17H29NS. The molecule has 0 radical (unpaired) electrons. The lowest BCUT2D eigenvalue weighted by atomic mass is 10.00. The van der Waals surface area contributed by atoms with Crippen LogP contribution in [-0.4, -0.2) is 18.6 Å². The molecule has 0 saturated heterocycles. The third kappa shape index (κ3) is 7.03. The van der Waals surface area contributed by atoms with Crippen LogP contribution in [0.25, 0.3) is 0 Å². The van der Waals surface area contributed by atoms with Crippen molar-refractivity contribution in [1.29, 1.82) is 0 Å². The van der Waals surface area contributed by atoms with Gasteiger partial charge in [0.05, 0.1) is 0 Å². The minimum Gasteiger partial charge on any atom is -0.310 e. The minimum atomic E-state index is 0.461. The molecule has 1 nitrogen and oxygen atoms in total. The van der Waals surface area contributed by atoms with E-state index in [1.54, 1.807) is 0 Å². The molecular weight excluding hydrogens is 250 g/mol. The van der Waals surface area contributed by atoms with Gasteiger partial charge in [0, 0.05) is 6.04 Å². The van der Waals surface area contributed by atoms with Crippen molar-refractivity contribution in [2.45, 2.75) is 46.1 Å². The summed E-state index contributed by atoms with van der Waals surface area (Å²) in [5.41, 5.74) is 2.85. The number of thioether (sulfide) groups is 1. The van der Waals surface area contributed by atoms with Crippen molar-refractivity contribution >= 4 is 11.8 Å². The van der Waals surface area contributed by atoms with Gasteiger partial charge in [0.15, 0.2) is 0 Å². The normalized spacial score (nSPS) is 12.9. The maximum atomic E-state index is 3.61. The fraction of sp³-hybridized carbons (Fsp3) is 0.647. The van der Waals surface area contributed by atoms with E-state index in [1.807, 2.05) is 11.8 Å². The van der Waals surface area contributed by atoms with Gasteiger partial charge in [-0.3, -0.25) is 0 Å². The van der Waals surface area contributed by atoms with Crippen molar-refractivity contribution in [2.24, 2.45) is 5.92 Å². The van der Waals surface area contributed by atoms with E-state index in [0.717, 1.165) is 12.5 Å². The van der Waals surface area contributed by atoms with Crippen molar-refractivity contribution in [1.82, 2.24) is 5.32 Å². The van der Waals surface area contributed by atoms with Gasteiger partial charge in [-0.05, 0) is 61.8 Å². The highest BCUT2D eigenvalue weighted by Gasteiger charge is 2.04. The molecule has 0 saturated carbocycles. The van der Waals surface area contributed by atoms with E-state index in [-0.39, 0.29) is 0 Å². The molecule has 0 aliphatic heterocycles. The van der Waals surface area contributed by atoms with Crippen molar-refractivity contribution in [3.8, 4) is 0 Å². The van der Waals surface area contributed by atoms with Gasteiger partial charge in [-0.1, -0.05) is 38.1 Å². The molecule has 1 N–H and O–H groups in total. The Balaban J connectivity index is 2.33. The first-order chi connectivity index (χ1) is 9.13. The van der Waals surface area contributed by atoms with Crippen LogP contribution in [0.3, 0.4) is 0 Å². The molecule has 1 rings (SSSR count). The van der Waals surface area contributed by atoms with Crippen molar-refractivity contribution in [3.63, 3.8) is 0 Å². The number of benzene rings is 1. The van der Waals surface area contributed by atoms with Crippen LogP contribution in [0.5, 0.6) is 0 Å². The number of unbranched alkanes of at least 4 members (excludes halogenated alkanes) is 1. The van der Waals surface area contributed by atoms with Gasteiger partial charge in [-0.25, -0.2) is 0 Å². The van der Waals surface area contributed by atoms with E-state index >= 15 is 0 Å². The Bertz CT molecular complexity index is 332. The van der Waals surface area contributed by atoms with Crippen LogP contribution < -0.4 is 5.32 Å². The number of hydrogen-bond donors (Lipinski definition) is 1. The molecule has 0 aromatic heterocycles. The van der Waals surface area contributed by atoms with Crippen LogP contribution in [0.1, 0.15) is 50.8 Å². The van der Waals surface area contributed by atoms with Gasteiger partial charge in [0.25, 0.3) is 0 Å². The zero-order chi connectivity index (χ0) is 14.1. The smallest absolute Gasteiger partial charge is 0.0291 e. The average molecular weight is 279 g/mol. The fourth-order valence-electron chi connectivity index (χ4n) is 2.22. The van der Waals surface area contributed by atoms with Crippen LogP contribution >= 0.6 is 11.8 Å². The number of nitrogens with one attached hydrogen (secondary N) is 1. The summed E-state index contributed by atoms with van der Waals surface area (Å²) >= 11 is 1.94. The molecule has 0 aliphatic rings. The van der Waals surface area contributed by atoms with Crippen LogP contribution in [-0.2, 0) is 6.42 Å². The summed E-state index contributed by atoms with van der Waals surface area (Å²) in [7, 11) is 0. The van der Waals surface area contributed by atoms with Gasteiger partial charge in [0.1, 0.15) is 0 Å². The van der Waals surface area contributed by atoms with Gasteiger partial charge >= 0.3 is 0 Å². The Kier molecular flexibility index (Phi) is 8.24. The lowest BCUT2D eigenvalue weighted by molar-refractivity contribution is 0.555. The number of hydrogen-bond acceptors (Lipinski definition) is 2. The van der Waals surface area contributed by atoms with E-state index in [2.05, 4.69) is 56.6 Å². The first kappa shape index (κ1) is 16.6. The van der Waals surface area contributed by atoms with E-state index in [1.165, 1.54) is 36.1 Å². The zero-order valence-electron chi connectivity index (χ0n) is 12.9. The van der Waals surface area contributed by atoms with Crippen LogP contribution in [0, 0.1) is 5.92 Å². The molecule has 0 heterocycles. The maximum absolute atomic E-state index is 3.61. The molecule has 1 atom stereocenters. The quantitative estimate of drug-likeness (QED) is 0.659. The Morgan fingerprint density at radius 2 is 1.74 bits per heavy atom. The molecule has 0 bridgehead atoms. The van der Waals surface area contributed by atoms with E-state index < -0.39 is 0 Å². The summed E-state index contributed by atoms with van der Waals surface area (Å²) in [4.78, 5) is 0. The summed E-state index contributed by atoms with van der Waals surface area (Å²) in [5, 5.41) is 3.61. The average Bonchev–Trinajstić information content (AvgIpc) is 2.38. The standard InChI is InChI=1S/C17H29NS/c1-14(2)13-16-7-9-17(10-8-16)15(3)18-11-5-6-12-19-4/h7-10,14-15,18H,5-6,11-13H2,1-4H3. The molecule has 0 amide bonds. The van der Waals surface area contributed by atoms with Gasteiger partial charge in [-0.2, -0.15) is 11.8 Å². The Hall–Kier alpha value is -0.470. The van der Waals surface area contributed by atoms with Crippen LogP contribution in [0.2, 0.25) is 0 Å². The molecule has 0 spiro atoms. The first-order valence-corrected chi connectivity index (χ1v) is 8.84. The molecule has 1 aromatic rings. The second-order valence-electron chi connectivity index (χ2n) is 5.72. The SMILES string of the molecule is CSCCCCNC(C)c1ccc(CC(C)C)cc1. The predicted octanol–water partition coefficient (Wildman–Crippen LogP) is 4.68. The Morgan fingerprint density at radius 1 is 1.05 bits per heavy atom. The Labute approximate surface area is 123 Å². The second kappa shape index (κ2) is 9.44. The molecule has 1 aromatic carbocycles. The highest BCUT2D eigenvalue weighted by atomic mass is 32.2. The van der Waals surface area contributed by atoms with E-state index in [4.69, 9.17) is 0 Å². The van der Waals surface area contributed by atoms with Crippen LogP contribution in [0.15, 0.2) is 24.3 Å². The lowest BCUT2D eigenvalue weighted by Gasteiger charge is -2.15.